The summed E-state index contributed by atoms with van der Waals surface area (Å²) in [4.78, 5) is 18.1. The maximum atomic E-state index is 11.6. The molecule has 16 heavy (non-hydrogen) atoms. The van der Waals surface area contributed by atoms with Crippen LogP contribution in [0.25, 0.3) is 11.6 Å². The van der Waals surface area contributed by atoms with Crippen LogP contribution in [0.15, 0.2) is 21.5 Å². The number of aryl methyl sites for hydroxylation is 1. The van der Waals surface area contributed by atoms with Crippen molar-refractivity contribution in [2.24, 2.45) is 0 Å². The minimum Gasteiger partial charge on any atom is -0.493 e. The first-order valence-electron chi connectivity index (χ1n) is 5.00. The van der Waals surface area contributed by atoms with Gasteiger partial charge in [-0.1, -0.05) is 6.92 Å². The highest BCUT2D eigenvalue weighted by atomic mass is 16.3. The molecule has 2 N–H and O–H groups in total. The minimum atomic E-state index is -0.333. The van der Waals surface area contributed by atoms with Crippen molar-refractivity contribution in [1.82, 2.24) is 9.97 Å². The molecule has 0 saturated carbocycles. The first-order valence-corrected chi connectivity index (χ1v) is 5.00. The monoisotopic (exact) mass is 220 g/mol. The van der Waals surface area contributed by atoms with Crippen LogP contribution in [0.4, 0.5) is 0 Å². The number of aromatic amines is 1. The van der Waals surface area contributed by atoms with E-state index >= 15 is 0 Å². The molecule has 0 spiro atoms. The van der Waals surface area contributed by atoms with Gasteiger partial charge in [0.2, 0.25) is 5.88 Å². The third kappa shape index (κ3) is 1.60. The Balaban J connectivity index is 2.61. The molecule has 2 aromatic heterocycles. The summed E-state index contributed by atoms with van der Waals surface area (Å²) in [5.41, 5.74) is 0.806. The fourth-order valence-electron chi connectivity index (χ4n) is 1.53. The van der Waals surface area contributed by atoms with Crippen molar-refractivity contribution in [3.8, 4) is 17.5 Å². The van der Waals surface area contributed by atoms with Crippen molar-refractivity contribution < 1.29 is 9.52 Å². The van der Waals surface area contributed by atoms with E-state index < -0.39 is 0 Å². The van der Waals surface area contributed by atoms with E-state index in [2.05, 4.69) is 9.97 Å². The summed E-state index contributed by atoms with van der Waals surface area (Å²) >= 11 is 0. The largest absolute Gasteiger partial charge is 0.493 e. The van der Waals surface area contributed by atoms with Gasteiger partial charge in [0.1, 0.15) is 0 Å². The Kier molecular flexibility index (Phi) is 2.52. The molecule has 0 aromatic carbocycles. The van der Waals surface area contributed by atoms with Gasteiger partial charge in [-0.25, -0.2) is 0 Å². The average Bonchev–Trinajstić information content (AvgIpc) is 2.64. The summed E-state index contributed by atoms with van der Waals surface area (Å²) in [6.07, 6.45) is 1.95. The molecule has 5 heteroatoms. The van der Waals surface area contributed by atoms with E-state index in [9.17, 15) is 9.90 Å². The van der Waals surface area contributed by atoms with Crippen LogP contribution < -0.4 is 5.56 Å². The van der Waals surface area contributed by atoms with E-state index in [-0.39, 0.29) is 22.8 Å². The van der Waals surface area contributed by atoms with Crippen LogP contribution in [0.2, 0.25) is 0 Å². The molecule has 0 unspecified atom stereocenters. The Morgan fingerprint density at radius 1 is 1.56 bits per heavy atom. The van der Waals surface area contributed by atoms with E-state index in [0.29, 0.717) is 12.2 Å². The Morgan fingerprint density at radius 3 is 2.81 bits per heavy atom. The Bertz CT molecular complexity index is 569. The summed E-state index contributed by atoms with van der Waals surface area (Å²) in [6.45, 7) is 3.62. The van der Waals surface area contributed by atoms with Crippen LogP contribution in [0.3, 0.4) is 0 Å². The molecule has 0 radical (unpaired) electrons. The normalized spacial score (nSPS) is 10.6. The van der Waals surface area contributed by atoms with E-state index in [0.717, 1.165) is 5.56 Å². The van der Waals surface area contributed by atoms with Gasteiger partial charge >= 0.3 is 0 Å². The SMILES string of the molecule is CCc1c(O)nc(-c2occc2C)[nH]c1=O. The molecule has 0 aliphatic rings. The molecule has 84 valence electrons. The number of aromatic nitrogens is 2. The summed E-state index contributed by atoms with van der Waals surface area (Å²) in [7, 11) is 0. The van der Waals surface area contributed by atoms with E-state index in [1.807, 2.05) is 6.92 Å². The second-order valence-electron chi connectivity index (χ2n) is 3.50. The van der Waals surface area contributed by atoms with Crippen LogP contribution in [-0.2, 0) is 6.42 Å². The minimum absolute atomic E-state index is 0.239. The third-order valence-corrected chi connectivity index (χ3v) is 2.42. The quantitative estimate of drug-likeness (QED) is 0.805. The molecule has 0 fully saturated rings. The van der Waals surface area contributed by atoms with Crippen LogP contribution in [0.1, 0.15) is 18.1 Å². The number of hydrogen-bond acceptors (Lipinski definition) is 4. The summed E-state index contributed by atoms with van der Waals surface area (Å²) in [6, 6.07) is 1.76. The summed E-state index contributed by atoms with van der Waals surface area (Å²) in [5.74, 6) is 0.481. The van der Waals surface area contributed by atoms with Gasteiger partial charge in [-0.2, -0.15) is 4.98 Å². The van der Waals surface area contributed by atoms with Crippen LogP contribution >= 0.6 is 0 Å². The van der Waals surface area contributed by atoms with Crippen LogP contribution in [-0.4, -0.2) is 15.1 Å². The Morgan fingerprint density at radius 2 is 2.31 bits per heavy atom. The van der Waals surface area contributed by atoms with Gasteiger partial charge in [-0.05, 0) is 25.0 Å². The van der Waals surface area contributed by atoms with Gasteiger partial charge in [-0.3, -0.25) is 4.79 Å². The molecule has 5 nitrogen and oxygen atoms in total. The highest BCUT2D eigenvalue weighted by Crippen LogP contribution is 2.21. The number of rotatable bonds is 2. The molecule has 0 amide bonds. The number of hydrogen-bond donors (Lipinski definition) is 2. The van der Waals surface area contributed by atoms with Gasteiger partial charge < -0.3 is 14.5 Å². The number of nitrogens with one attached hydrogen (secondary N) is 1. The smallest absolute Gasteiger partial charge is 0.258 e. The number of H-pyrrole nitrogens is 1. The molecule has 0 saturated heterocycles. The van der Waals surface area contributed by atoms with Gasteiger partial charge in [-0.15, -0.1) is 0 Å². The standard InChI is InChI=1S/C11H12N2O3/c1-3-7-10(14)12-9(13-11(7)15)8-6(2)4-5-16-8/h4-5H,3H2,1-2H3,(H2,12,13,14,15). The summed E-state index contributed by atoms with van der Waals surface area (Å²) < 4.78 is 5.19. The third-order valence-electron chi connectivity index (χ3n) is 2.42. The molecular weight excluding hydrogens is 208 g/mol. The predicted molar refractivity (Wildman–Crippen MR) is 58.3 cm³/mol. The van der Waals surface area contributed by atoms with E-state index in [4.69, 9.17) is 4.42 Å². The lowest BCUT2D eigenvalue weighted by atomic mass is 10.2. The highest BCUT2D eigenvalue weighted by molar-refractivity contribution is 5.52. The van der Waals surface area contributed by atoms with Crippen molar-refractivity contribution in [2.45, 2.75) is 20.3 Å². The fourth-order valence-corrected chi connectivity index (χ4v) is 1.53. The van der Waals surface area contributed by atoms with E-state index in [1.54, 1.807) is 13.0 Å². The lowest BCUT2D eigenvalue weighted by Gasteiger charge is -2.02. The maximum absolute atomic E-state index is 11.6. The van der Waals surface area contributed by atoms with Gasteiger partial charge in [0.15, 0.2) is 11.6 Å². The number of furan rings is 1. The molecule has 0 aliphatic carbocycles. The lowest BCUT2D eigenvalue weighted by Crippen LogP contribution is -2.14. The molecule has 2 rings (SSSR count). The predicted octanol–water partition coefficient (Wildman–Crippen LogP) is 1.61. The zero-order valence-electron chi connectivity index (χ0n) is 9.07. The molecular formula is C11H12N2O3. The van der Waals surface area contributed by atoms with Crippen molar-refractivity contribution in [1.29, 1.82) is 0 Å². The molecule has 0 bridgehead atoms. The van der Waals surface area contributed by atoms with Gasteiger partial charge in [0, 0.05) is 0 Å². The number of aromatic hydroxyl groups is 1. The Hall–Kier alpha value is -2.04. The lowest BCUT2D eigenvalue weighted by molar-refractivity contribution is 0.443. The van der Waals surface area contributed by atoms with Crippen molar-refractivity contribution in [3.05, 3.63) is 33.8 Å². The Labute approximate surface area is 91.8 Å². The molecule has 2 aromatic rings. The second-order valence-corrected chi connectivity index (χ2v) is 3.50. The molecule has 0 aliphatic heterocycles. The van der Waals surface area contributed by atoms with Crippen LogP contribution in [0, 0.1) is 6.92 Å². The summed E-state index contributed by atoms with van der Waals surface area (Å²) in [5, 5.41) is 9.59. The van der Waals surface area contributed by atoms with Crippen molar-refractivity contribution in [2.75, 3.05) is 0 Å². The molecule has 0 atom stereocenters. The zero-order chi connectivity index (χ0) is 11.7. The second kappa shape index (κ2) is 3.84. The average molecular weight is 220 g/mol. The highest BCUT2D eigenvalue weighted by Gasteiger charge is 2.13. The fraction of sp³-hybridized carbons (Fsp3) is 0.273. The first kappa shape index (κ1) is 10.5. The van der Waals surface area contributed by atoms with E-state index in [1.165, 1.54) is 6.26 Å². The molecule has 2 heterocycles. The van der Waals surface area contributed by atoms with Gasteiger partial charge in [0.05, 0.1) is 11.8 Å². The zero-order valence-corrected chi connectivity index (χ0v) is 9.07. The van der Waals surface area contributed by atoms with Crippen LogP contribution in [0.5, 0.6) is 5.88 Å². The van der Waals surface area contributed by atoms with Gasteiger partial charge in [0.25, 0.3) is 5.56 Å². The van der Waals surface area contributed by atoms with Crippen molar-refractivity contribution in [3.63, 3.8) is 0 Å². The topological polar surface area (TPSA) is 79.1 Å². The number of nitrogens with zero attached hydrogens (tertiary/aromatic N) is 1. The first-order chi connectivity index (χ1) is 7.63. The maximum Gasteiger partial charge on any atom is 0.258 e. The van der Waals surface area contributed by atoms with Crippen molar-refractivity contribution >= 4 is 0 Å².